The molecule has 27 heavy (non-hydrogen) atoms. The van der Waals surface area contributed by atoms with Crippen molar-refractivity contribution in [2.45, 2.75) is 6.61 Å². The molecule has 142 valence electrons. The lowest BCUT2D eigenvalue weighted by Crippen LogP contribution is -2.31. The molecule has 2 aromatic carbocycles. The van der Waals surface area contributed by atoms with Gasteiger partial charge in [-0.1, -0.05) is 36.4 Å². The van der Waals surface area contributed by atoms with E-state index >= 15 is 0 Å². The van der Waals surface area contributed by atoms with Crippen molar-refractivity contribution >= 4 is 23.5 Å². The van der Waals surface area contributed by atoms with Gasteiger partial charge in [-0.15, -0.1) is 6.58 Å². The van der Waals surface area contributed by atoms with Crippen molar-refractivity contribution in [3.05, 3.63) is 66.2 Å². The van der Waals surface area contributed by atoms with Crippen molar-refractivity contribution in [2.75, 3.05) is 20.8 Å². The molecule has 2 aromatic rings. The summed E-state index contributed by atoms with van der Waals surface area (Å²) in [5.41, 5.74) is 4.56. The third-order valence-corrected chi connectivity index (χ3v) is 3.73. The highest BCUT2D eigenvalue weighted by molar-refractivity contribution is 7.80. The molecule has 2 rings (SSSR count). The Morgan fingerprint density at radius 2 is 1.81 bits per heavy atom. The van der Waals surface area contributed by atoms with Crippen LogP contribution in [-0.2, 0) is 6.61 Å². The SMILES string of the molecule is C=CCNC(=S)N/N=C\c1cc(OC)c(OCc2ccccc2)c(OC)c1. The number of thiocarbonyl (C=S) groups is 1. The summed E-state index contributed by atoms with van der Waals surface area (Å²) in [5, 5.41) is 7.44. The zero-order valence-corrected chi connectivity index (χ0v) is 16.2. The molecule has 0 bridgehead atoms. The molecule has 0 spiro atoms. The minimum absolute atomic E-state index is 0.409. The van der Waals surface area contributed by atoms with Crippen LogP contribution in [0.4, 0.5) is 0 Å². The third-order valence-electron chi connectivity index (χ3n) is 3.50. The predicted octanol–water partition coefficient (Wildman–Crippen LogP) is 3.27. The van der Waals surface area contributed by atoms with Crippen LogP contribution in [0, 0.1) is 0 Å². The molecule has 0 amide bonds. The fourth-order valence-electron chi connectivity index (χ4n) is 2.22. The third kappa shape index (κ3) is 6.31. The van der Waals surface area contributed by atoms with Crippen LogP contribution >= 0.6 is 12.2 Å². The molecule has 0 saturated heterocycles. The van der Waals surface area contributed by atoms with Gasteiger partial charge in [0, 0.05) is 12.1 Å². The summed E-state index contributed by atoms with van der Waals surface area (Å²) < 4.78 is 16.9. The molecule has 0 unspecified atom stereocenters. The van der Waals surface area contributed by atoms with E-state index in [1.165, 1.54) is 0 Å². The highest BCUT2D eigenvalue weighted by Crippen LogP contribution is 2.38. The fraction of sp³-hybridized carbons (Fsp3) is 0.200. The van der Waals surface area contributed by atoms with E-state index in [4.69, 9.17) is 26.4 Å². The van der Waals surface area contributed by atoms with E-state index in [0.717, 1.165) is 11.1 Å². The Kier molecular flexibility index (Phi) is 8.12. The minimum Gasteiger partial charge on any atom is -0.493 e. The molecule has 0 fully saturated rings. The maximum absolute atomic E-state index is 5.93. The number of rotatable bonds is 9. The first-order chi connectivity index (χ1) is 13.2. The van der Waals surface area contributed by atoms with Crippen molar-refractivity contribution < 1.29 is 14.2 Å². The lowest BCUT2D eigenvalue weighted by Gasteiger charge is -2.15. The van der Waals surface area contributed by atoms with E-state index in [9.17, 15) is 0 Å². The molecule has 0 atom stereocenters. The lowest BCUT2D eigenvalue weighted by atomic mass is 10.2. The van der Waals surface area contributed by atoms with Gasteiger partial charge < -0.3 is 19.5 Å². The molecular formula is C20H23N3O3S. The van der Waals surface area contributed by atoms with Crippen molar-refractivity contribution in [3.8, 4) is 17.2 Å². The molecular weight excluding hydrogens is 362 g/mol. The second kappa shape index (κ2) is 10.8. The lowest BCUT2D eigenvalue weighted by molar-refractivity contribution is 0.266. The first kappa shape index (κ1) is 20.3. The van der Waals surface area contributed by atoms with Crippen LogP contribution < -0.4 is 25.0 Å². The standard InChI is InChI=1S/C20H23N3O3S/c1-4-10-21-20(27)23-22-13-16-11-17(24-2)19(18(12-16)25-3)26-14-15-8-6-5-7-9-15/h4-9,11-13H,1,10,14H2,2-3H3,(H2,21,23,27)/b22-13-. The Balaban J connectivity index is 2.12. The van der Waals surface area contributed by atoms with Gasteiger partial charge in [-0.3, -0.25) is 5.43 Å². The Hall–Kier alpha value is -3.06. The monoisotopic (exact) mass is 385 g/mol. The van der Waals surface area contributed by atoms with E-state index in [-0.39, 0.29) is 0 Å². The Bertz CT molecular complexity index is 769. The summed E-state index contributed by atoms with van der Waals surface area (Å²) >= 11 is 5.08. The summed E-state index contributed by atoms with van der Waals surface area (Å²) in [6.07, 6.45) is 3.33. The van der Waals surface area contributed by atoms with Gasteiger partial charge in [0.1, 0.15) is 6.61 Å². The number of benzene rings is 2. The molecule has 0 radical (unpaired) electrons. The van der Waals surface area contributed by atoms with E-state index < -0.39 is 0 Å². The van der Waals surface area contributed by atoms with Gasteiger partial charge in [-0.2, -0.15) is 5.10 Å². The van der Waals surface area contributed by atoms with Crippen LogP contribution in [0.25, 0.3) is 0 Å². The summed E-state index contributed by atoms with van der Waals surface area (Å²) in [7, 11) is 3.16. The van der Waals surface area contributed by atoms with Crippen molar-refractivity contribution in [1.82, 2.24) is 10.7 Å². The van der Waals surface area contributed by atoms with E-state index in [2.05, 4.69) is 22.4 Å². The quantitative estimate of drug-likeness (QED) is 0.299. The number of hydrogen-bond donors (Lipinski definition) is 2. The van der Waals surface area contributed by atoms with E-state index in [1.54, 1.807) is 26.5 Å². The van der Waals surface area contributed by atoms with Crippen LogP contribution in [0.3, 0.4) is 0 Å². The number of methoxy groups -OCH3 is 2. The number of nitrogens with zero attached hydrogens (tertiary/aromatic N) is 1. The van der Waals surface area contributed by atoms with Crippen LogP contribution in [-0.4, -0.2) is 32.1 Å². The second-order valence-corrected chi connectivity index (χ2v) is 5.81. The summed E-state index contributed by atoms with van der Waals surface area (Å²) in [4.78, 5) is 0. The molecule has 0 aromatic heterocycles. The van der Waals surface area contributed by atoms with E-state index in [0.29, 0.717) is 35.5 Å². The zero-order valence-electron chi connectivity index (χ0n) is 15.4. The Labute approximate surface area is 164 Å². The van der Waals surface area contributed by atoms with E-state index in [1.807, 2.05) is 42.5 Å². The largest absolute Gasteiger partial charge is 0.493 e. The first-order valence-corrected chi connectivity index (χ1v) is 8.69. The van der Waals surface area contributed by atoms with Crippen molar-refractivity contribution in [3.63, 3.8) is 0 Å². The van der Waals surface area contributed by atoms with Crippen LogP contribution in [0.1, 0.15) is 11.1 Å². The van der Waals surface area contributed by atoms with Gasteiger partial charge >= 0.3 is 0 Å². The Morgan fingerprint density at radius 1 is 1.15 bits per heavy atom. The molecule has 7 heteroatoms. The summed E-state index contributed by atoms with van der Waals surface area (Å²) in [5.74, 6) is 1.65. The molecule has 0 aliphatic heterocycles. The van der Waals surface area contributed by atoms with Gasteiger partial charge in [-0.05, 0) is 29.9 Å². The average Bonchev–Trinajstić information content (AvgIpc) is 2.71. The smallest absolute Gasteiger partial charge is 0.203 e. The normalized spacial score (nSPS) is 10.3. The summed E-state index contributed by atoms with van der Waals surface area (Å²) in [6.45, 7) is 4.59. The predicted molar refractivity (Wildman–Crippen MR) is 112 cm³/mol. The molecule has 0 aliphatic carbocycles. The zero-order chi connectivity index (χ0) is 19.5. The van der Waals surface area contributed by atoms with Crippen LogP contribution in [0.2, 0.25) is 0 Å². The maximum atomic E-state index is 5.93. The second-order valence-electron chi connectivity index (χ2n) is 5.40. The minimum atomic E-state index is 0.409. The van der Waals surface area contributed by atoms with Crippen molar-refractivity contribution in [1.29, 1.82) is 0 Å². The number of nitrogens with one attached hydrogen (secondary N) is 2. The van der Waals surface area contributed by atoms with Crippen molar-refractivity contribution in [2.24, 2.45) is 5.10 Å². The van der Waals surface area contributed by atoms with Crippen LogP contribution in [0.15, 0.2) is 60.2 Å². The topological polar surface area (TPSA) is 64.1 Å². The fourth-order valence-corrected chi connectivity index (χ4v) is 2.35. The van der Waals surface area contributed by atoms with Gasteiger partial charge in [0.05, 0.1) is 20.4 Å². The molecule has 0 aliphatic rings. The molecule has 6 nitrogen and oxygen atoms in total. The van der Waals surface area contributed by atoms with Gasteiger partial charge in [0.15, 0.2) is 16.6 Å². The van der Waals surface area contributed by atoms with Crippen LogP contribution in [0.5, 0.6) is 17.2 Å². The average molecular weight is 385 g/mol. The summed E-state index contributed by atoms with van der Waals surface area (Å²) in [6, 6.07) is 13.5. The number of hydrogen-bond acceptors (Lipinski definition) is 5. The number of ether oxygens (including phenoxy) is 3. The highest BCUT2D eigenvalue weighted by Gasteiger charge is 2.14. The molecule has 2 N–H and O–H groups in total. The maximum Gasteiger partial charge on any atom is 0.203 e. The number of hydrazone groups is 1. The van der Waals surface area contributed by atoms with Gasteiger partial charge in [0.25, 0.3) is 0 Å². The highest BCUT2D eigenvalue weighted by atomic mass is 32.1. The van der Waals surface area contributed by atoms with Gasteiger partial charge in [0.2, 0.25) is 5.75 Å². The Morgan fingerprint density at radius 3 is 2.41 bits per heavy atom. The molecule has 0 saturated carbocycles. The molecule has 0 heterocycles. The first-order valence-electron chi connectivity index (χ1n) is 8.28. The van der Waals surface area contributed by atoms with Gasteiger partial charge in [-0.25, -0.2) is 0 Å².